The number of allylic oxidation sites excluding steroid dienone is 3. The highest BCUT2D eigenvalue weighted by molar-refractivity contribution is 6.42. The van der Waals surface area contributed by atoms with Crippen LogP contribution < -0.4 is 4.74 Å². The molecule has 0 aromatic heterocycles. The van der Waals surface area contributed by atoms with Crippen molar-refractivity contribution in [1.82, 2.24) is 4.90 Å². The van der Waals surface area contributed by atoms with Crippen LogP contribution in [0.25, 0.3) is 0 Å². The van der Waals surface area contributed by atoms with E-state index < -0.39 is 77.8 Å². The van der Waals surface area contributed by atoms with Crippen molar-refractivity contribution >= 4 is 46.6 Å². The SMILES string of the molecule is CCC1C=C(C)CC(C)CC(OC)C2OC(O)(C(=O)C(=O)N3CCCCC3C(=O)OC(C(C)=CC3CCC(Oc4ccc(Cl)c(Cl)c4)C(OC)C3)C(C)C(O)CC1=O)C(C)CC2OC. The molecule has 5 rings (SSSR count). The van der Waals surface area contributed by atoms with Gasteiger partial charge in [-0.2, -0.15) is 0 Å². The maximum Gasteiger partial charge on any atom is 0.329 e. The highest BCUT2D eigenvalue weighted by atomic mass is 35.5. The standard InChI is InChI=1S/C49H71Cl2NO12/c1-10-33-20-27(2)19-28(3)21-42(60-8)45-43(61-9)23-30(5)49(58,64-45)46(55)47(56)52-18-12-11-13-37(52)48(57)63-44(31(6)38(53)26-39(33)54)29(4)22-32-14-17-40(41(24-32)59-7)62-34-15-16-35(50)36(51)25-34/h15-16,20,22,25,28,30-33,37-38,40-45,53,58H,10-14,17-19,21,23-24,26H2,1-9H3. The number of halogens is 2. The van der Waals surface area contributed by atoms with Gasteiger partial charge in [0.05, 0.1) is 34.5 Å². The molecule has 64 heavy (non-hydrogen) atoms. The summed E-state index contributed by atoms with van der Waals surface area (Å²) in [6.45, 7) is 11.3. The third-order valence-electron chi connectivity index (χ3n) is 14.0. The average molecular weight is 937 g/mol. The molecule has 14 atom stereocenters. The summed E-state index contributed by atoms with van der Waals surface area (Å²) < 4.78 is 36.6. The number of amides is 1. The zero-order valence-electron chi connectivity index (χ0n) is 39.1. The predicted molar refractivity (Wildman–Crippen MR) is 243 cm³/mol. The Hall–Kier alpha value is -2.88. The highest BCUT2D eigenvalue weighted by Gasteiger charge is 2.56. The van der Waals surface area contributed by atoms with Crippen molar-refractivity contribution in [3.05, 3.63) is 51.5 Å². The van der Waals surface area contributed by atoms with Gasteiger partial charge in [0.25, 0.3) is 11.7 Å². The second kappa shape index (κ2) is 23.2. The largest absolute Gasteiger partial charge is 0.488 e. The maximum absolute atomic E-state index is 14.5. The number of aliphatic hydroxyl groups is 2. The van der Waals surface area contributed by atoms with Gasteiger partial charge < -0.3 is 43.5 Å². The lowest BCUT2D eigenvalue weighted by atomic mass is 9.81. The van der Waals surface area contributed by atoms with E-state index >= 15 is 0 Å². The van der Waals surface area contributed by atoms with E-state index in [0.717, 1.165) is 12.0 Å². The van der Waals surface area contributed by atoms with Gasteiger partial charge in [0, 0.05) is 58.1 Å². The molecule has 0 radical (unpaired) electrons. The molecule has 1 saturated carbocycles. The number of aliphatic hydroxyl groups excluding tert-OH is 1. The smallest absolute Gasteiger partial charge is 0.329 e. The Morgan fingerprint density at radius 3 is 2.25 bits per heavy atom. The number of piperidine rings is 1. The summed E-state index contributed by atoms with van der Waals surface area (Å²) in [7, 11) is 4.70. The van der Waals surface area contributed by atoms with Crippen molar-refractivity contribution in [3.63, 3.8) is 0 Å². The molecule has 2 N–H and O–H groups in total. The minimum absolute atomic E-state index is 0.0174. The van der Waals surface area contributed by atoms with Crippen molar-refractivity contribution in [2.75, 3.05) is 27.9 Å². The fourth-order valence-corrected chi connectivity index (χ4v) is 10.5. The van der Waals surface area contributed by atoms with Gasteiger partial charge in [-0.3, -0.25) is 14.4 Å². The summed E-state index contributed by atoms with van der Waals surface area (Å²) in [5.41, 5.74) is 1.66. The summed E-state index contributed by atoms with van der Waals surface area (Å²) in [5.74, 6) is -7.03. The Balaban J connectivity index is 1.48. The van der Waals surface area contributed by atoms with Crippen molar-refractivity contribution in [2.24, 2.45) is 29.6 Å². The van der Waals surface area contributed by atoms with Crippen LogP contribution in [0.3, 0.4) is 0 Å². The molecular formula is C49H71Cl2NO12. The number of carbonyl (C=O) groups is 4. The van der Waals surface area contributed by atoms with Gasteiger partial charge in [-0.1, -0.05) is 68.6 Å². The first-order valence-corrected chi connectivity index (χ1v) is 23.8. The summed E-state index contributed by atoms with van der Waals surface area (Å²) in [4.78, 5) is 58.3. The third-order valence-corrected chi connectivity index (χ3v) is 14.8. The number of ketones is 2. The van der Waals surface area contributed by atoms with E-state index in [9.17, 15) is 29.4 Å². The van der Waals surface area contributed by atoms with Gasteiger partial charge in [0.1, 0.15) is 35.9 Å². The second-order valence-corrected chi connectivity index (χ2v) is 19.6. The summed E-state index contributed by atoms with van der Waals surface area (Å²) in [6, 6.07) is 3.97. The number of fused-ring (bicyclic) bond motifs is 3. The first kappa shape index (κ1) is 52.1. The van der Waals surface area contributed by atoms with Crippen LogP contribution in [0.1, 0.15) is 112 Å². The Labute approximate surface area is 389 Å². The molecule has 3 fully saturated rings. The normalized spacial score (nSPS) is 37.0. The van der Waals surface area contributed by atoms with Gasteiger partial charge in [-0.05, 0) is 108 Å². The zero-order chi connectivity index (χ0) is 47.0. The van der Waals surface area contributed by atoms with Crippen molar-refractivity contribution in [1.29, 1.82) is 0 Å². The number of cyclic esters (lactones) is 1. The van der Waals surface area contributed by atoms with Crippen molar-refractivity contribution in [3.8, 4) is 5.75 Å². The number of benzene rings is 1. The number of esters is 1. The molecule has 4 aliphatic rings. The van der Waals surface area contributed by atoms with Crippen molar-refractivity contribution < 1.29 is 57.8 Å². The molecule has 1 aromatic carbocycles. The van der Waals surface area contributed by atoms with E-state index in [1.165, 1.54) is 19.1 Å². The molecule has 2 saturated heterocycles. The summed E-state index contributed by atoms with van der Waals surface area (Å²) in [5, 5.41) is 24.7. The van der Waals surface area contributed by atoms with E-state index in [1.807, 2.05) is 32.9 Å². The quantitative estimate of drug-likeness (QED) is 0.147. The highest BCUT2D eigenvalue weighted by Crippen LogP contribution is 2.40. The van der Waals surface area contributed by atoms with Crippen LogP contribution in [0, 0.1) is 29.6 Å². The van der Waals surface area contributed by atoms with Crippen LogP contribution in [0.2, 0.25) is 10.0 Å². The molecule has 1 aliphatic carbocycles. The summed E-state index contributed by atoms with van der Waals surface area (Å²) >= 11 is 12.4. The monoisotopic (exact) mass is 935 g/mol. The zero-order valence-corrected chi connectivity index (χ0v) is 40.6. The lowest BCUT2D eigenvalue weighted by Gasteiger charge is -2.47. The number of methoxy groups -OCH3 is 3. The van der Waals surface area contributed by atoms with Crippen LogP contribution in [-0.2, 0) is 42.9 Å². The van der Waals surface area contributed by atoms with E-state index in [0.29, 0.717) is 66.3 Å². The Morgan fingerprint density at radius 1 is 0.906 bits per heavy atom. The van der Waals surface area contributed by atoms with Crippen LogP contribution in [0.5, 0.6) is 5.75 Å². The first-order valence-electron chi connectivity index (χ1n) is 23.1. The minimum Gasteiger partial charge on any atom is -0.488 e. The number of hydrogen-bond acceptors (Lipinski definition) is 12. The van der Waals surface area contributed by atoms with E-state index in [2.05, 4.69) is 6.92 Å². The van der Waals surface area contributed by atoms with E-state index in [1.54, 1.807) is 39.2 Å². The van der Waals surface area contributed by atoms with Crippen LogP contribution in [-0.4, -0.2) is 121 Å². The van der Waals surface area contributed by atoms with E-state index in [4.69, 9.17) is 51.6 Å². The number of Topliss-reactive ketones (excluding diaryl/α,β-unsaturated/α-hetero) is 2. The molecule has 3 heterocycles. The fourth-order valence-electron chi connectivity index (χ4n) is 10.2. The molecule has 3 aliphatic heterocycles. The van der Waals surface area contributed by atoms with Gasteiger partial charge in [0.15, 0.2) is 0 Å². The molecule has 0 spiro atoms. The van der Waals surface area contributed by atoms with Crippen LogP contribution in [0.15, 0.2) is 41.5 Å². The Bertz CT molecular complexity index is 1860. The van der Waals surface area contributed by atoms with Crippen LogP contribution in [0.4, 0.5) is 0 Å². The number of rotatable bonds is 8. The first-order chi connectivity index (χ1) is 30.3. The summed E-state index contributed by atoms with van der Waals surface area (Å²) in [6.07, 6.45) is 4.18. The minimum atomic E-state index is -2.52. The molecule has 14 unspecified atom stereocenters. The Morgan fingerprint density at radius 2 is 1.59 bits per heavy atom. The van der Waals surface area contributed by atoms with Gasteiger partial charge >= 0.3 is 5.97 Å². The molecule has 1 aromatic rings. The number of ether oxygens (including phenoxy) is 6. The fraction of sp³-hybridized carbons (Fsp3) is 0.714. The topological polar surface area (TPSA) is 167 Å². The van der Waals surface area contributed by atoms with Gasteiger partial charge in [-0.15, -0.1) is 0 Å². The number of nitrogens with zero attached hydrogens (tertiary/aromatic N) is 1. The third kappa shape index (κ3) is 12.4. The van der Waals surface area contributed by atoms with E-state index in [-0.39, 0.29) is 55.6 Å². The van der Waals surface area contributed by atoms with Crippen LogP contribution >= 0.6 is 23.2 Å². The lowest BCUT2D eigenvalue weighted by Crippen LogP contribution is -2.64. The number of hydrogen-bond donors (Lipinski definition) is 2. The number of carbonyl (C=O) groups excluding carboxylic acids is 4. The second-order valence-electron chi connectivity index (χ2n) is 18.8. The Kier molecular flexibility index (Phi) is 18.9. The van der Waals surface area contributed by atoms with Gasteiger partial charge in [0.2, 0.25) is 5.79 Å². The molecular weight excluding hydrogens is 865 g/mol. The van der Waals surface area contributed by atoms with Crippen molar-refractivity contribution in [2.45, 2.75) is 167 Å². The molecule has 15 heteroatoms. The maximum atomic E-state index is 14.5. The average Bonchev–Trinajstić information content (AvgIpc) is 3.27. The van der Waals surface area contributed by atoms with Gasteiger partial charge in [-0.25, -0.2) is 4.79 Å². The lowest BCUT2D eigenvalue weighted by molar-refractivity contribution is -0.302. The molecule has 2 bridgehead atoms. The molecule has 1 amide bonds. The molecule has 13 nitrogen and oxygen atoms in total. The predicted octanol–water partition coefficient (Wildman–Crippen LogP) is 7.87. The molecule has 358 valence electrons.